The number of carboxylic acids is 1. The first kappa shape index (κ1) is 20.1. The summed E-state index contributed by atoms with van der Waals surface area (Å²) in [4.78, 5) is 23.6. The van der Waals surface area contributed by atoms with Gasteiger partial charge in [-0.3, -0.25) is 4.79 Å². The predicted octanol–water partition coefficient (Wildman–Crippen LogP) is 3.18. The van der Waals surface area contributed by atoms with E-state index < -0.39 is 12.1 Å². The summed E-state index contributed by atoms with van der Waals surface area (Å²) in [6.07, 6.45) is 0.534. The average molecular weight is 400 g/mol. The Bertz CT molecular complexity index is 967. The molecule has 29 heavy (non-hydrogen) atoms. The molecule has 2 aromatic carbocycles. The van der Waals surface area contributed by atoms with Gasteiger partial charge in [-0.05, 0) is 42.8 Å². The Balaban J connectivity index is 1.91. The molecule has 1 aliphatic heterocycles. The van der Waals surface area contributed by atoms with Crippen LogP contribution in [0.2, 0.25) is 0 Å². The van der Waals surface area contributed by atoms with Crippen LogP contribution in [0.1, 0.15) is 22.8 Å². The summed E-state index contributed by atoms with van der Waals surface area (Å²) < 4.78 is 26.9. The summed E-state index contributed by atoms with van der Waals surface area (Å²) >= 11 is 0. The zero-order chi connectivity index (χ0) is 21.1. The molecule has 0 saturated heterocycles. The second-order valence-electron chi connectivity index (χ2n) is 6.15. The molecule has 152 valence electrons. The summed E-state index contributed by atoms with van der Waals surface area (Å²) in [7, 11) is 4.51. The molecule has 1 atom stereocenters. The van der Waals surface area contributed by atoms with Gasteiger partial charge in [0.2, 0.25) is 11.5 Å². The van der Waals surface area contributed by atoms with Crippen LogP contribution < -0.4 is 23.7 Å². The number of hydrogen-bond acceptors (Lipinski definition) is 7. The molecule has 0 saturated carbocycles. The van der Waals surface area contributed by atoms with E-state index in [4.69, 9.17) is 28.8 Å². The fourth-order valence-corrected chi connectivity index (χ4v) is 2.83. The van der Waals surface area contributed by atoms with E-state index in [9.17, 15) is 9.59 Å². The summed E-state index contributed by atoms with van der Waals surface area (Å²) in [5.41, 5.74) is 0.977. The SMILES string of the molecule is COc1cc(C=C2Oc3cc(O[C@@H](C)C(=O)O)ccc3C2=O)cc(OC)c1OC. The fraction of sp³-hybridized carbons (Fsp3) is 0.238. The number of carboxylic acid groups (broad SMARTS) is 1. The second-order valence-corrected chi connectivity index (χ2v) is 6.15. The number of hydrogen-bond donors (Lipinski definition) is 1. The standard InChI is InChI=1S/C21H20O8/c1-11(21(23)24)28-13-5-6-14-15(10-13)29-16(19(14)22)7-12-8-17(25-2)20(27-4)18(9-12)26-3/h5-11H,1-4H3,(H,23,24)/t11-/m0/s1. The molecule has 1 heterocycles. The molecule has 2 aromatic rings. The number of carbonyl (C=O) groups excluding carboxylic acids is 1. The van der Waals surface area contributed by atoms with Crippen LogP contribution in [0.4, 0.5) is 0 Å². The first-order chi connectivity index (χ1) is 13.9. The monoisotopic (exact) mass is 400 g/mol. The van der Waals surface area contributed by atoms with Crippen molar-refractivity contribution in [2.75, 3.05) is 21.3 Å². The van der Waals surface area contributed by atoms with E-state index in [0.717, 1.165) is 0 Å². The maximum atomic E-state index is 12.7. The van der Waals surface area contributed by atoms with Gasteiger partial charge in [0.05, 0.1) is 26.9 Å². The lowest BCUT2D eigenvalue weighted by molar-refractivity contribution is -0.144. The number of Topliss-reactive ketones (excluding diaryl/α,β-unsaturated/α-hetero) is 1. The van der Waals surface area contributed by atoms with Crippen LogP contribution in [0.5, 0.6) is 28.7 Å². The van der Waals surface area contributed by atoms with Crippen molar-refractivity contribution in [3.63, 3.8) is 0 Å². The maximum absolute atomic E-state index is 12.7. The Kier molecular flexibility index (Phi) is 5.63. The van der Waals surface area contributed by atoms with Gasteiger partial charge in [0.15, 0.2) is 23.4 Å². The van der Waals surface area contributed by atoms with Crippen molar-refractivity contribution in [1.82, 2.24) is 0 Å². The first-order valence-electron chi connectivity index (χ1n) is 8.65. The van der Waals surface area contributed by atoms with Gasteiger partial charge in [-0.25, -0.2) is 4.79 Å². The van der Waals surface area contributed by atoms with Crippen molar-refractivity contribution in [3.8, 4) is 28.7 Å². The van der Waals surface area contributed by atoms with Gasteiger partial charge in [-0.15, -0.1) is 0 Å². The molecule has 0 aromatic heterocycles. The lowest BCUT2D eigenvalue weighted by atomic mass is 10.1. The largest absolute Gasteiger partial charge is 0.493 e. The number of carbonyl (C=O) groups is 2. The van der Waals surface area contributed by atoms with E-state index in [1.807, 2.05) is 0 Å². The molecule has 1 N–H and O–H groups in total. The van der Waals surface area contributed by atoms with Crippen molar-refractivity contribution in [2.24, 2.45) is 0 Å². The van der Waals surface area contributed by atoms with Gasteiger partial charge in [0.1, 0.15) is 11.5 Å². The van der Waals surface area contributed by atoms with Crippen molar-refractivity contribution in [1.29, 1.82) is 0 Å². The van der Waals surface area contributed by atoms with Crippen LogP contribution in [0.3, 0.4) is 0 Å². The van der Waals surface area contributed by atoms with E-state index in [-0.39, 0.29) is 11.5 Å². The predicted molar refractivity (Wildman–Crippen MR) is 103 cm³/mol. The number of aliphatic carboxylic acids is 1. The molecular formula is C21H20O8. The van der Waals surface area contributed by atoms with Crippen LogP contribution in [0.15, 0.2) is 36.1 Å². The van der Waals surface area contributed by atoms with Gasteiger partial charge >= 0.3 is 5.97 Å². The number of methoxy groups -OCH3 is 3. The zero-order valence-corrected chi connectivity index (χ0v) is 16.3. The van der Waals surface area contributed by atoms with Crippen LogP contribution in [-0.4, -0.2) is 44.3 Å². The number of benzene rings is 2. The molecule has 0 aliphatic carbocycles. The molecule has 0 fully saturated rings. The lowest BCUT2D eigenvalue weighted by Crippen LogP contribution is -2.22. The zero-order valence-electron chi connectivity index (χ0n) is 16.3. The van der Waals surface area contributed by atoms with Gasteiger partial charge in [0, 0.05) is 6.07 Å². The summed E-state index contributed by atoms with van der Waals surface area (Å²) in [5, 5.41) is 8.96. The minimum absolute atomic E-state index is 0.109. The van der Waals surface area contributed by atoms with Crippen molar-refractivity contribution in [2.45, 2.75) is 13.0 Å². The van der Waals surface area contributed by atoms with Gasteiger partial charge < -0.3 is 28.8 Å². The molecule has 8 heteroatoms. The van der Waals surface area contributed by atoms with Crippen LogP contribution in [0, 0.1) is 0 Å². The Hall–Kier alpha value is -3.68. The lowest BCUT2D eigenvalue weighted by Gasteiger charge is -2.13. The number of ether oxygens (including phenoxy) is 5. The van der Waals surface area contributed by atoms with E-state index >= 15 is 0 Å². The number of allylic oxidation sites excluding steroid dienone is 1. The third-order valence-electron chi connectivity index (χ3n) is 4.29. The van der Waals surface area contributed by atoms with Crippen LogP contribution in [-0.2, 0) is 4.79 Å². The normalized spacial score (nSPS) is 14.8. The van der Waals surface area contributed by atoms with Crippen LogP contribution in [0.25, 0.3) is 6.08 Å². The third-order valence-corrected chi connectivity index (χ3v) is 4.29. The third kappa shape index (κ3) is 3.96. The second kappa shape index (κ2) is 8.14. The Labute approximate surface area is 167 Å². The number of ketones is 1. The minimum Gasteiger partial charge on any atom is -0.493 e. The number of fused-ring (bicyclic) bond motifs is 1. The van der Waals surface area contributed by atoms with E-state index in [0.29, 0.717) is 39.9 Å². The first-order valence-corrected chi connectivity index (χ1v) is 8.65. The van der Waals surface area contributed by atoms with E-state index in [1.54, 1.807) is 18.2 Å². The van der Waals surface area contributed by atoms with Gasteiger partial charge in [-0.1, -0.05) is 0 Å². The highest BCUT2D eigenvalue weighted by molar-refractivity contribution is 6.14. The van der Waals surface area contributed by atoms with Crippen molar-refractivity contribution >= 4 is 17.8 Å². The van der Waals surface area contributed by atoms with Crippen LogP contribution >= 0.6 is 0 Å². The molecule has 0 radical (unpaired) electrons. The molecular weight excluding hydrogens is 380 g/mol. The molecule has 0 spiro atoms. The fourth-order valence-electron chi connectivity index (χ4n) is 2.83. The Morgan fingerprint density at radius 2 is 1.72 bits per heavy atom. The Morgan fingerprint density at radius 1 is 1.07 bits per heavy atom. The molecule has 0 amide bonds. The van der Waals surface area contributed by atoms with Gasteiger partial charge in [0.25, 0.3) is 0 Å². The maximum Gasteiger partial charge on any atom is 0.344 e. The summed E-state index contributed by atoms with van der Waals surface area (Å²) in [6, 6.07) is 7.94. The number of rotatable bonds is 7. The van der Waals surface area contributed by atoms with Crippen molar-refractivity contribution in [3.05, 3.63) is 47.2 Å². The molecule has 8 nitrogen and oxygen atoms in total. The van der Waals surface area contributed by atoms with Gasteiger partial charge in [-0.2, -0.15) is 0 Å². The Morgan fingerprint density at radius 3 is 2.28 bits per heavy atom. The smallest absolute Gasteiger partial charge is 0.344 e. The average Bonchev–Trinajstić information content (AvgIpc) is 3.01. The molecule has 0 bridgehead atoms. The van der Waals surface area contributed by atoms with E-state index in [2.05, 4.69) is 0 Å². The highest BCUT2D eigenvalue weighted by Crippen LogP contribution is 2.40. The highest BCUT2D eigenvalue weighted by atomic mass is 16.5. The molecule has 3 rings (SSSR count). The highest BCUT2D eigenvalue weighted by Gasteiger charge is 2.28. The molecule has 1 aliphatic rings. The summed E-state index contributed by atoms with van der Waals surface area (Å²) in [5.74, 6) is 0.632. The summed E-state index contributed by atoms with van der Waals surface area (Å²) in [6.45, 7) is 1.41. The topological polar surface area (TPSA) is 101 Å². The van der Waals surface area contributed by atoms with E-state index in [1.165, 1.54) is 46.5 Å². The quantitative estimate of drug-likeness (QED) is 0.708. The van der Waals surface area contributed by atoms with Crippen molar-refractivity contribution < 1.29 is 38.4 Å². The minimum atomic E-state index is -1.09. The molecule has 0 unspecified atom stereocenters.